The smallest absolute Gasteiger partial charge is 0.347 e. The van der Waals surface area contributed by atoms with E-state index in [0.717, 1.165) is 23.1 Å². The van der Waals surface area contributed by atoms with Gasteiger partial charge in [0, 0.05) is 65.7 Å². The lowest BCUT2D eigenvalue weighted by atomic mass is 9.72. The van der Waals surface area contributed by atoms with Gasteiger partial charge in [0.1, 0.15) is 17.8 Å². The Labute approximate surface area is 399 Å². The standard InChI is InChI=1S/C33H37N5O5.C19H20ClNO4/c1-32(35-29(39)21-15-23-22-10-6-11-24-28(22)20(17-34-24)16-25(23)36(2)18-21)31(41)38-26(14-19-8-4-3-5-9-19)30(40)37-13-7-12-27(37)33(38,42)43-32;1-19(2,18(23)24)25-16-9-3-13(4-10-16)11-12-21-17(22)14-5-7-15(20)8-6-14/h3-6,8-11,17,21,23,25-27,34,42H,7,12-16,18H2,1-2H3,(H,35,39);3-10H,11-12H2,1-2H3,(H,21,22)(H,23,24)/t21-,23-,25-,26+,27+,32-,33+;/m1./s1. The fraction of sp³-hybridized carbons (Fsp3) is 0.404. The quantitative estimate of drug-likeness (QED) is 0.111. The normalized spacial score (nSPS) is 26.3. The summed E-state index contributed by atoms with van der Waals surface area (Å²) in [5.74, 6) is -4.00. The van der Waals surface area contributed by atoms with Crippen LogP contribution in [0.3, 0.4) is 0 Å². The summed E-state index contributed by atoms with van der Waals surface area (Å²) >= 11 is 5.80. The van der Waals surface area contributed by atoms with E-state index in [1.165, 1.54) is 42.2 Å². The third-order valence-electron chi connectivity index (χ3n) is 14.2. The van der Waals surface area contributed by atoms with Crippen LogP contribution in [0.5, 0.6) is 5.75 Å². The van der Waals surface area contributed by atoms with E-state index >= 15 is 0 Å². The number of likely N-dealkylation sites (tertiary alicyclic amines) is 1. The number of rotatable bonds is 11. The van der Waals surface area contributed by atoms with Gasteiger partial charge in [-0.2, -0.15) is 0 Å². The zero-order chi connectivity index (χ0) is 48.1. The van der Waals surface area contributed by atoms with E-state index < -0.39 is 41.2 Å². The van der Waals surface area contributed by atoms with Crippen molar-refractivity contribution in [2.45, 2.75) is 101 Å². The summed E-state index contributed by atoms with van der Waals surface area (Å²) in [5.41, 5.74) is 3.03. The maximum Gasteiger partial charge on any atom is 0.347 e. The molecule has 7 atom stereocenters. The maximum atomic E-state index is 14.2. The first-order chi connectivity index (χ1) is 32.5. The van der Waals surface area contributed by atoms with E-state index in [4.69, 9.17) is 26.2 Å². The van der Waals surface area contributed by atoms with Crippen LogP contribution in [0.15, 0.2) is 103 Å². The number of hydrogen-bond acceptors (Lipinski definition) is 9. The maximum absolute atomic E-state index is 14.2. The number of aliphatic carboxylic acids is 1. The fourth-order valence-electron chi connectivity index (χ4n) is 10.7. The molecule has 68 heavy (non-hydrogen) atoms. The predicted octanol–water partition coefficient (Wildman–Crippen LogP) is 5.64. The molecule has 0 bridgehead atoms. The number of carboxylic acids is 1. The van der Waals surface area contributed by atoms with Crippen LogP contribution in [0.25, 0.3) is 10.9 Å². The number of carboxylic acid groups (broad SMARTS) is 1. The van der Waals surface area contributed by atoms with Gasteiger partial charge in [-0.1, -0.05) is 66.2 Å². The van der Waals surface area contributed by atoms with Gasteiger partial charge in [0.2, 0.25) is 17.5 Å². The monoisotopic (exact) mass is 944 g/mol. The number of hydrogen-bond donors (Lipinski definition) is 5. The number of benzene rings is 4. The average molecular weight is 946 g/mol. The number of aromatic amines is 1. The third kappa shape index (κ3) is 8.84. The molecule has 4 amide bonds. The topological polar surface area (TPSA) is 194 Å². The first-order valence-electron chi connectivity index (χ1n) is 23.2. The lowest BCUT2D eigenvalue weighted by Crippen LogP contribution is -2.71. The van der Waals surface area contributed by atoms with E-state index in [-0.39, 0.29) is 42.0 Å². The zero-order valence-corrected chi connectivity index (χ0v) is 39.3. The number of ether oxygens (including phenoxy) is 2. The Morgan fingerprint density at radius 1 is 0.971 bits per heavy atom. The van der Waals surface area contributed by atoms with Crippen molar-refractivity contribution in [2.75, 3.05) is 26.7 Å². The summed E-state index contributed by atoms with van der Waals surface area (Å²) in [6.07, 6.45) is 5.78. The molecule has 4 saturated heterocycles. The number of fused-ring (bicyclic) bond motifs is 5. The Balaban J connectivity index is 0.000000198. The molecule has 1 aromatic heterocycles. The summed E-state index contributed by atoms with van der Waals surface area (Å²) in [6, 6.07) is 28.3. The molecular formula is C52H57ClN6O9. The Morgan fingerprint density at radius 3 is 2.43 bits per heavy atom. The van der Waals surface area contributed by atoms with Crippen molar-refractivity contribution in [1.82, 2.24) is 30.3 Å². The van der Waals surface area contributed by atoms with Crippen molar-refractivity contribution in [3.05, 3.63) is 136 Å². The van der Waals surface area contributed by atoms with Crippen molar-refractivity contribution in [2.24, 2.45) is 5.92 Å². The predicted molar refractivity (Wildman–Crippen MR) is 254 cm³/mol. The Kier molecular flexibility index (Phi) is 12.6. The van der Waals surface area contributed by atoms with Crippen LogP contribution < -0.4 is 15.4 Å². The Bertz CT molecular complexity index is 2730. The molecule has 1 aliphatic carbocycles. The number of H-pyrrole nitrogens is 1. The second-order valence-corrected chi connectivity index (χ2v) is 19.7. The lowest BCUT2D eigenvalue weighted by molar-refractivity contribution is -0.315. The lowest BCUT2D eigenvalue weighted by Gasteiger charge is -2.48. The summed E-state index contributed by atoms with van der Waals surface area (Å²) in [4.78, 5) is 73.5. The summed E-state index contributed by atoms with van der Waals surface area (Å²) in [5, 5.41) is 28.7. The number of carbonyl (C=O) groups excluding carboxylic acids is 4. The summed E-state index contributed by atoms with van der Waals surface area (Å²) in [7, 11) is 2.06. The highest BCUT2D eigenvalue weighted by molar-refractivity contribution is 6.30. The van der Waals surface area contributed by atoms with Crippen molar-refractivity contribution < 1.29 is 43.7 Å². The van der Waals surface area contributed by atoms with Crippen LogP contribution in [0.4, 0.5) is 0 Å². The number of halogens is 1. The fourth-order valence-corrected chi connectivity index (χ4v) is 10.9. The number of piperidine rings is 1. The van der Waals surface area contributed by atoms with Gasteiger partial charge in [-0.05, 0) is 125 Å². The molecule has 0 saturated carbocycles. The first kappa shape index (κ1) is 46.8. The highest BCUT2D eigenvalue weighted by Crippen LogP contribution is 2.47. The molecule has 10 rings (SSSR count). The van der Waals surface area contributed by atoms with Crippen LogP contribution in [0.2, 0.25) is 5.02 Å². The molecule has 5 heterocycles. The van der Waals surface area contributed by atoms with Crippen LogP contribution in [0, 0.1) is 5.92 Å². The number of nitrogens with one attached hydrogen (secondary N) is 3. The molecule has 16 heteroatoms. The van der Waals surface area contributed by atoms with E-state index in [1.807, 2.05) is 42.5 Å². The number of aliphatic hydroxyl groups is 1. The molecule has 5 N–H and O–H groups in total. The van der Waals surface area contributed by atoms with E-state index in [1.54, 1.807) is 41.3 Å². The average Bonchev–Trinajstić information content (AvgIpc) is 4.03. The van der Waals surface area contributed by atoms with Crippen molar-refractivity contribution >= 4 is 52.1 Å². The number of likely N-dealkylation sites (N-methyl/N-ethyl adjacent to an activating group) is 1. The number of nitrogens with zero attached hydrogens (tertiary/aromatic N) is 3. The van der Waals surface area contributed by atoms with Gasteiger partial charge in [-0.3, -0.25) is 28.8 Å². The highest BCUT2D eigenvalue weighted by atomic mass is 35.5. The van der Waals surface area contributed by atoms with Gasteiger partial charge in [0.15, 0.2) is 5.60 Å². The van der Waals surface area contributed by atoms with Crippen LogP contribution in [-0.4, -0.2) is 122 Å². The zero-order valence-electron chi connectivity index (χ0n) is 38.5. The molecule has 5 aromatic rings. The van der Waals surface area contributed by atoms with E-state index in [2.05, 4.69) is 52.0 Å². The number of carbonyl (C=O) groups is 5. The number of piperazine rings is 1. The molecule has 356 valence electrons. The highest BCUT2D eigenvalue weighted by Gasteiger charge is 2.70. The third-order valence-corrected chi connectivity index (χ3v) is 14.5. The van der Waals surface area contributed by atoms with Crippen molar-refractivity contribution in [3.63, 3.8) is 0 Å². The van der Waals surface area contributed by atoms with Gasteiger partial charge in [0.05, 0.1) is 5.92 Å². The molecule has 4 aliphatic heterocycles. The number of aromatic nitrogens is 1. The molecule has 15 nitrogen and oxygen atoms in total. The first-order valence-corrected chi connectivity index (χ1v) is 23.6. The molecule has 0 radical (unpaired) electrons. The van der Waals surface area contributed by atoms with Crippen LogP contribution in [0.1, 0.15) is 78.6 Å². The summed E-state index contributed by atoms with van der Waals surface area (Å²) in [6.45, 7) is 6.04. The Morgan fingerprint density at radius 2 is 1.71 bits per heavy atom. The summed E-state index contributed by atoms with van der Waals surface area (Å²) < 4.78 is 11.7. The second-order valence-electron chi connectivity index (χ2n) is 19.3. The Hall–Kier alpha value is -6.26. The van der Waals surface area contributed by atoms with Gasteiger partial charge in [-0.25, -0.2) is 4.79 Å². The van der Waals surface area contributed by atoms with Crippen LogP contribution >= 0.6 is 11.6 Å². The second kappa shape index (κ2) is 18.3. The van der Waals surface area contributed by atoms with Crippen molar-refractivity contribution in [3.8, 4) is 5.75 Å². The minimum absolute atomic E-state index is 0.153. The van der Waals surface area contributed by atoms with Gasteiger partial charge in [-0.15, -0.1) is 0 Å². The van der Waals surface area contributed by atoms with Gasteiger partial charge >= 0.3 is 5.97 Å². The van der Waals surface area contributed by atoms with E-state index in [0.29, 0.717) is 61.7 Å². The SMILES string of the molecule is CC(C)(Oc1ccc(CCNC(=O)c2ccc(Cl)cc2)cc1)C(=O)O.CN1C[C@H](C(=O)N[C@]2(C)O[C@@]3(O)[C@@H]4CCCN4C(=O)[C@H](Cc4ccccc4)N3C2=O)C[C@@H]2c3cccc4[nH]cc(c34)C[C@H]21. The van der Waals surface area contributed by atoms with Crippen molar-refractivity contribution in [1.29, 1.82) is 0 Å². The molecule has 4 aromatic carbocycles. The molecular weight excluding hydrogens is 888 g/mol. The number of amides is 4. The molecule has 4 fully saturated rings. The van der Waals surface area contributed by atoms with Gasteiger partial charge in [0.25, 0.3) is 17.7 Å². The van der Waals surface area contributed by atoms with E-state index in [9.17, 15) is 29.1 Å². The minimum atomic E-state index is -2.03. The molecule has 5 aliphatic rings. The van der Waals surface area contributed by atoms with Crippen LogP contribution in [-0.2, 0) is 43.2 Å². The minimum Gasteiger partial charge on any atom is -0.478 e. The molecule has 0 unspecified atom stereocenters. The molecule has 0 spiro atoms. The largest absolute Gasteiger partial charge is 0.478 e. The van der Waals surface area contributed by atoms with Gasteiger partial charge < -0.3 is 40.4 Å².